The Morgan fingerprint density at radius 3 is 2.43 bits per heavy atom. The first kappa shape index (κ1) is 9.96. The third-order valence-electron chi connectivity index (χ3n) is 1.73. The zero-order chi connectivity index (χ0) is 10.1. The van der Waals surface area contributed by atoms with Crippen molar-refractivity contribution >= 4 is 38.9 Å². The first-order chi connectivity index (χ1) is 6.70. The van der Waals surface area contributed by atoms with Crippen LogP contribution in [-0.2, 0) is 0 Å². The zero-order valence-corrected chi connectivity index (χ0v) is 10.1. The highest BCUT2D eigenvalue weighted by Gasteiger charge is 2.20. The first-order valence-electron chi connectivity index (χ1n) is 3.83. The maximum atomic E-state index is 11.6. The lowest BCUT2D eigenvalue weighted by atomic mass is 10.2. The molecule has 0 saturated heterocycles. The van der Waals surface area contributed by atoms with Gasteiger partial charge in [0, 0.05) is 0 Å². The third-order valence-corrected chi connectivity index (χ3v) is 4.24. The molecule has 1 aromatic heterocycles. The second-order valence-corrected chi connectivity index (χ2v) is 5.31. The van der Waals surface area contributed by atoms with Gasteiger partial charge in [0.2, 0.25) is 0 Å². The van der Waals surface area contributed by atoms with Gasteiger partial charge < -0.3 is 5.21 Å². The normalized spacial score (nSPS) is 10.4. The number of rotatable bonds is 1. The van der Waals surface area contributed by atoms with Crippen LogP contribution in [0.3, 0.4) is 0 Å². The molecule has 2 nitrogen and oxygen atoms in total. The van der Waals surface area contributed by atoms with Crippen molar-refractivity contribution in [2.24, 2.45) is 0 Å². The van der Waals surface area contributed by atoms with Crippen molar-refractivity contribution in [1.29, 1.82) is 0 Å². The summed E-state index contributed by atoms with van der Waals surface area (Å²) in [6.45, 7) is 0. The molecule has 0 N–H and O–H groups in total. The molecule has 0 fully saturated rings. The minimum Gasteiger partial charge on any atom is -0.617 e. The third kappa shape index (κ3) is 1.65. The van der Waals surface area contributed by atoms with E-state index in [1.807, 2.05) is 30.3 Å². The SMILES string of the molecule is [O-][n+]1c(-c2ccccc2)sc(Br)c1Cl. The summed E-state index contributed by atoms with van der Waals surface area (Å²) in [5.41, 5.74) is 0.875. The first-order valence-corrected chi connectivity index (χ1v) is 5.81. The molecule has 2 aromatic rings. The lowest BCUT2D eigenvalue weighted by Crippen LogP contribution is -2.26. The van der Waals surface area contributed by atoms with Gasteiger partial charge in [-0.2, -0.15) is 0 Å². The Morgan fingerprint density at radius 2 is 1.93 bits per heavy atom. The Morgan fingerprint density at radius 1 is 1.29 bits per heavy atom. The molecular formula is C9H5BrClNOS. The molecule has 5 heteroatoms. The van der Waals surface area contributed by atoms with Crippen LogP contribution in [0, 0.1) is 5.21 Å². The fourth-order valence-electron chi connectivity index (χ4n) is 1.09. The number of halogens is 2. The van der Waals surface area contributed by atoms with E-state index in [1.165, 1.54) is 11.3 Å². The molecule has 0 unspecified atom stereocenters. The summed E-state index contributed by atoms with van der Waals surface area (Å²) < 4.78 is 1.39. The second-order valence-electron chi connectivity index (χ2n) is 2.63. The van der Waals surface area contributed by atoms with Crippen LogP contribution in [0.15, 0.2) is 34.1 Å². The molecule has 14 heavy (non-hydrogen) atoms. The second kappa shape index (κ2) is 3.88. The molecule has 0 radical (unpaired) electrons. The van der Waals surface area contributed by atoms with Crippen LogP contribution >= 0.6 is 38.9 Å². The van der Waals surface area contributed by atoms with Crippen molar-refractivity contribution in [3.05, 3.63) is 44.5 Å². The number of nitrogens with zero attached hydrogens (tertiary/aromatic N) is 1. The van der Waals surface area contributed by atoms with E-state index in [9.17, 15) is 5.21 Å². The van der Waals surface area contributed by atoms with Crippen molar-refractivity contribution in [2.75, 3.05) is 0 Å². The summed E-state index contributed by atoms with van der Waals surface area (Å²) in [4.78, 5) is 0. The molecular weight excluding hydrogens is 286 g/mol. The van der Waals surface area contributed by atoms with Crippen molar-refractivity contribution in [2.45, 2.75) is 0 Å². The molecule has 72 valence electrons. The molecule has 0 saturated carbocycles. The Labute approximate surface area is 98.5 Å². The predicted octanol–water partition coefficient (Wildman–Crippen LogP) is 3.46. The highest BCUT2D eigenvalue weighted by molar-refractivity contribution is 9.11. The minimum absolute atomic E-state index is 0.189. The van der Waals surface area contributed by atoms with Crippen molar-refractivity contribution < 1.29 is 4.73 Å². The Balaban J connectivity index is 2.58. The molecule has 0 aliphatic heterocycles. The van der Waals surface area contributed by atoms with Crippen LogP contribution in [0.4, 0.5) is 0 Å². The quantitative estimate of drug-likeness (QED) is 0.583. The van der Waals surface area contributed by atoms with Gasteiger partial charge in [-0.15, -0.1) is 4.73 Å². The summed E-state index contributed by atoms with van der Waals surface area (Å²) in [6.07, 6.45) is 0. The van der Waals surface area contributed by atoms with Gasteiger partial charge in [0.15, 0.2) is 3.79 Å². The minimum atomic E-state index is 0.189. The maximum absolute atomic E-state index is 11.6. The smallest absolute Gasteiger partial charge is 0.312 e. The van der Waals surface area contributed by atoms with Crippen LogP contribution < -0.4 is 4.73 Å². The molecule has 1 heterocycles. The number of thiazole rings is 1. The van der Waals surface area contributed by atoms with E-state index in [1.54, 1.807) is 0 Å². The molecule has 0 spiro atoms. The zero-order valence-electron chi connectivity index (χ0n) is 6.91. The molecule has 0 amide bonds. The highest BCUT2D eigenvalue weighted by Crippen LogP contribution is 2.32. The van der Waals surface area contributed by atoms with Crippen LogP contribution in [0.1, 0.15) is 0 Å². The average Bonchev–Trinajstić information content (AvgIpc) is 2.47. The van der Waals surface area contributed by atoms with Crippen LogP contribution in [0.5, 0.6) is 0 Å². The molecule has 0 aliphatic rings. The average molecular weight is 291 g/mol. The van der Waals surface area contributed by atoms with Gasteiger partial charge >= 0.3 is 5.15 Å². The maximum Gasteiger partial charge on any atom is 0.312 e. The van der Waals surface area contributed by atoms with Gasteiger partial charge in [-0.25, -0.2) is 0 Å². The summed E-state index contributed by atoms with van der Waals surface area (Å²) in [7, 11) is 0. The van der Waals surface area contributed by atoms with E-state index in [0.717, 1.165) is 10.3 Å². The van der Waals surface area contributed by atoms with Gasteiger partial charge in [0.25, 0.3) is 5.01 Å². The van der Waals surface area contributed by atoms with Gasteiger partial charge in [0.05, 0.1) is 5.56 Å². The van der Waals surface area contributed by atoms with Gasteiger partial charge in [-0.3, -0.25) is 0 Å². The number of benzene rings is 1. The van der Waals surface area contributed by atoms with E-state index in [2.05, 4.69) is 15.9 Å². The Bertz CT molecular complexity index is 457. The van der Waals surface area contributed by atoms with E-state index >= 15 is 0 Å². The molecule has 0 atom stereocenters. The van der Waals surface area contributed by atoms with Crippen molar-refractivity contribution in [1.82, 2.24) is 0 Å². The highest BCUT2D eigenvalue weighted by atomic mass is 79.9. The van der Waals surface area contributed by atoms with E-state index in [4.69, 9.17) is 11.6 Å². The topological polar surface area (TPSA) is 26.9 Å². The molecule has 0 aliphatic carbocycles. The lowest BCUT2D eigenvalue weighted by molar-refractivity contribution is -0.586. The standard InChI is InChI=1S/C9H5BrClNOS/c10-7-8(11)12(13)9(14-7)6-4-2-1-3-5-6/h1-5H. The molecule has 2 rings (SSSR count). The summed E-state index contributed by atoms with van der Waals surface area (Å²) in [6, 6.07) is 9.43. The fourth-order valence-corrected chi connectivity index (χ4v) is 2.73. The number of hydrogen-bond acceptors (Lipinski definition) is 2. The van der Waals surface area contributed by atoms with Gasteiger partial charge in [0.1, 0.15) is 0 Å². The molecule has 0 bridgehead atoms. The lowest BCUT2D eigenvalue weighted by Gasteiger charge is -1.97. The molecule has 1 aromatic carbocycles. The van der Waals surface area contributed by atoms with Crippen molar-refractivity contribution in [3.8, 4) is 10.6 Å². The Hall–Kier alpha value is -0.580. The van der Waals surface area contributed by atoms with E-state index in [0.29, 0.717) is 8.79 Å². The van der Waals surface area contributed by atoms with Crippen molar-refractivity contribution in [3.63, 3.8) is 0 Å². The predicted molar refractivity (Wildman–Crippen MR) is 61.4 cm³/mol. The van der Waals surface area contributed by atoms with Crippen LogP contribution in [0.25, 0.3) is 10.6 Å². The number of aromatic nitrogens is 1. The van der Waals surface area contributed by atoms with Gasteiger partial charge in [-0.1, -0.05) is 29.5 Å². The largest absolute Gasteiger partial charge is 0.617 e. The Kier molecular flexibility index (Phi) is 2.76. The summed E-state index contributed by atoms with van der Waals surface area (Å²) in [5, 5.41) is 12.3. The van der Waals surface area contributed by atoms with E-state index < -0.39 is 0 Å². The summed E-state index contributed by atoms with van der Waals surface area (Å²) in [5.74, 6) is 0. The monoisotopic (exact) mass is 289 g/mol. The number of hydrogen-bond donors (Lipinski definition) is 0. The summed E-state index contributed by atoms with van der Waals surface area (Å²) >= 11 is 10.3. The fraction of sp³-hybridized carbons (Fsp3) is 0. The van der Waals surface area contributed by atoms with Crippen LogP contribution in [-0.4, -0.2) is 0 Å². The van der Waals surface area contributed by atoms with E-state index in [-0.39, 0.29) is 5.15 Å². The van der Waals surface area contributed by atoms with Crippen LogP contribution in [0.2, 0.25) is 5.15 Å². The van der Waals surface area contributed by atoms with Gasteiger partial charge in [-0.05, 0) is 39.7 Å².